The van der Waals surface area contributed by atoms with Gasteiger partial charge in [-0.2, -0.15) is 0 Å². The molecule has 0 spiro atoms. The van der Waals surface area contributed by atoms with Gasteiger partial charge in [0.15, 0.2) is 0 Å². The van der Waals surface area contributed by atoms with Gasteiger partial charge in [0, 0.05) is 38.8 Å². The molecule has 13 heavy (non-hydrogen) atoms. The molecule has 0 aromatic rings. The van der Waals surface area contributed by atoms with Crippen LogP contribution in [-0.4, -0.2) is 66.8 Å². The normalized spacial score (nSPS) is 29.1. The summed E-state index contributed by atoms with van der Waals surface area (Å²) in [4.78, 5) is 4.57. The third-order valence-corrected chi connectivity index (χ3v) is 2.58. The first kappa shape index (κ1) is 10.9. The van der Waals surface area contributed by atoms with E-state index in [0.717, 1.165) is 26.2 Å². The van der Waals surface area contributed by atoms with Crippen molar-refractivity contribution in [1.82, 2.24) is 9.80 Å². The van der Waals surface area contributed by atoms with Crippen molar-refractivity contribution in [2.75, 3.05) is 39.8 Å². The van der Waals surface area contributed by atoms with Crippen LogP contribution < -0.4 is 5.73 Å². The maximum Gasteiger partial charge on any atom is 0.0639 e. The summed E-state index contributed by atoms with van der Waals surface area (Å²) >= 11 is 0. The molecular weight excluding hydrogens is 166 g/mol. The van der Waals surface area contributed by atoms with Crippen LogP contribution in [0.15, 0.2) is 0 Å². The van der Waals surface area contributed by atoms with Crippen molar-refractivity contribution in [1.29, 1.82) is 0 Å². The highest BCUT2D eigenvalue weighted by atomic mass is 16.3. The van der Waals surface area contributed by atoms with Crippen LogP contribution in [0.25, 0.3) is 0 Å². The zero-order valence-corrected chi connectivity index (χ0v) is 8.61. The Morgan fingerprint density at radius 3 is 2.77 bits per heavy atom. The first-order chi connectivity index (χ1) is 6.13. The minimum absolute atomic E-state index is 0.252. The molecule has 0 saturated carbocycles. The lowest BCUT2D eigenvalue weighted by atomic mass is 10.1. The molecule has 2 unspecified atom stereocenters. The van der Waals surface area contributed by atoms with Crippen molar-refractivity contribution >= 4 is 0 Å². The topological polar surface area (TPSA) is 52.7 Å². The lowest BCUT2D eigenvalue weighted by Gasteiger charge is -2.40. The van der Waals surface area contributed by atoms with Crippen molar-refractivity contribution in [2.45, 2.75) is 19.1 Å². The van der Waals surface area contributed by atoms with Gasteiger partial charge in [-0.15, -0.1) is 0 Å². The Balaban J connectivity index is 2.42. The molecular formula is C9H21N3O. The molecule has 4 nitrogen and oxygen atoms in total. The van der Waals surface area contributed by atoms with E-state index in [1.165, 1.54) is 0 Å². The molecule has 0 aromatic heterocycles. The highest BCUT2D eigenvalue weighted by Crippen LogP contribution is 2.07. The van der Waals surface area contributed by atoms with E-state index in [2.05, 4.69) is 16.8 Å². The van der Waals surface area contributed by atoms with Crippen LogP contribution in [0.3, 0.4) is 0 Å². The molecule has 2 atom stereocenters. The summed E-state index contributed by atoms with van der Waals surface area (Å²) in [6.07, 6.45) is -0.252. The van der Waals surface area contributed by atoms with E-state index in [4.69, 9.17) is 5.73 Å². The van der Waals surface area contributed by atoms with Crippen molar-refractivity contribution in [2.24, 2.45) is 5.73 Å². The zero-order valence-electron chi connectivity index (χ0n) is 8.61. The summed E-state index contributed by atoms with van der Waals surface area (Å²) in [5.74, 6) is 0. The molecule has 3 N–H and O–H groups in total. The molecule has 1 fully saturated rings. The second-order valence-corrected chi connectivity index (χ2v) is 4.00. The summed E-state index contributed by atoms with van der Waals surface area (Å²) in [7, 11) is 2.11. The minimum atomic E-state index is -0.252. The molecule has 1 saturated heterocycles. The maximum absolute atomic E-state index is 9.29. The second kappa shape index (κ2) is 4.91. The fourth-order valence-electron chi connectivity index (χ4n) is 1.85. The van der Waals surface area contributed by atoms with Gasteiger partial charge in [0.05, 0.1) is 6.10 Å². The third-order valence-electron chi connectivity index (χ3n) is 2.58. The Bertz CT molecular complexity index is 152. The smallest absolute Gasteiger partial charge is 0.0639 e. The first-order valence-corrected chi connectivity index (χ1v) is 4.94. The summed E-state index contributed by atoms with van der Waals surface area (Å²) in [6, 6.07) is 0.411. The number of hydrogen-bond acceptors (Lipinski definition) is 4. The molecule has 1 aliphatic rings. The van der Waals surface area contributed by atoms with Crippen LogP contribution >= 0.6 is 0 Å². The molecule has 0 aliphatic carbocycles. The highest BCUT2D eigenvalue weighted by Gasteiger charge is 2.24. The lowest BCUT2D eigenvalue weighted by molar-refractivity contribution is 0.0507. The fraction of sp³-hybridized carbons (Fsp3) is 1.00. The SMILES string of the molecule is CC(O)CN1CCN(C)CC1CN. The van der Waals surface area contributed by atoms with Gasteiger partial charge >= 0.3 is 0 Å². The predicted molar refractivity (Wildman–Crippen MR) is 53.6 cm³/mol. The number of β-amino-alcohol motifs (C(OH)–C–C–N with tert-alkyl or cyclic N) is 1. The average molecular weight is 187 g/mol. The van der Waals surface area contributed by atoms with E-state index in [1.54, 1.807) is 0 Å². The van der Waals surface area contributed by atoms with Crippen molar-refractivity contribution in [3.05, 3.63) is 0 Å². The van der Waals surface area contributed by atoms with Gasteiger partial charge in [-0.1, -0.05) is 0 Å². The molecule has 4 heteroatoms. The third kappa shape index (κ3) is 3.23. The van der Waals surface area contributed by atoms with Crippen LogP contribution in [0.4, 0.5) is 0 Å². The van der Waals surface area contributed by atoms with Gasteiger partial charge in [0.2, 0.25) is 0 Å². The Hall–Kier alpha value is -0.160. The Kier molecular flexibility index (Phi) is 4.12. The van der Waals surface area contributed by atoms with Gasteiger partial charge in [0.25, 0.3) is 0 Å². The molecule has 78 valence electrons. The average Bonchev–Trinajstić information content (AvgIpc) is 2.07. The molecule has 0 radical (unpaired) electrons. The largest absolute Gasteiger partial charge is 0.392 e. The highest BCUT2D eigenvalue weighted by molar-refractivity contribution is 4.82. The number of aliphatic hydroxyl groups excluding tert-OH is 1. The molecule has 1 heterocycles. The van der Waals surface area contributed by atoms with E-state index in [1.807, 2.05) is 6.92 Å². The van der Waals surface area contributed by atoms with Crippen molar-refractivity contribution in [3.8, 4) is 0 Å². The van der Waals surface area contributed by atoms with Crippen LogP contribution in [0.5, 0.6) is 0 Å². The van der Waals surface area contributed by atoms with Gasteiger partial charge in [-0.05, 0) is 14.0 Å². The van der Waals surface area contributed by atoms with Crippen LogP contribution in [0.2, 0.25) is 0 Å². The Morgan fingerprint density at radius 1 is 1.54 bits per heavy atom. The lowest BCUT2D eigenvalue weighted by Crippen LogP contribution is -2.56. The number of rotatable bonds is 3. The van der Waals surface area contributed by atoms with Gasteiger partial charge in [0.1, 0.15) is 0 Å². The Morgan fingerprint density at radius 2 is 2.23 bits per heavy atom. The number of aliphatic hydroxyl groups is 1. The molecule has 0 bridgehead atoms. The fourth-order valence-corrected chi connectivity index (χ4v) is 1.85. The maximum atomic E-state index is 9.29. The van der Waals surface area contributed by atoms with Gasteiger partial charge in [-0.25, -0.2) is 0 Å². The number of hydrogen-bond donors (Lipinski definition) is 2. The zero-order chi connectivity index (χ0) is 9.84. The van der Waals surface area contributed by atoms with Crippen molar-refractivity contribution in [3.63, 3.8) is 0 Å². The van der Waals surface area contributed by atoms with Gasteiger partial charge in [-0.3, -0.25) is 4.90 Å². The summed E-state index contributed by atoms with van der Waals surface area (Å²) in [5, 5.41) is 9.29. The molecule has 0 aromatic carbocycles. The minimum Gasteiger partial charge on any atom is -0.392 e. The van der Waals surface area contributed by atoms with E-state index in [-0.39, 0.29) is 6.10 Å². The van der Waals surface area contributed by atoms with Gasteiger partial charge < -0.3 is 15.7 Å². The number of piperazine rings is 1. The number of nitrogens with zero attached hydrogens (tertiary/aromatic N) is 2. The monoisotopic (exact) mass is 187 g/mol. The first-order valence-electron chi connectivity index (χ1n) is 4.94. The van der Waals surface area contributed by atoms with E-state index in [0.29, 0.717) is 12.6 Å². The van der Waals surface area contributed by atoms with Crippen LogP contribution in [-0.2, 0) is 0 Å². The van der Waals surface area contributed by atoms with Crippen LogP contribution in [0.1, 0.15) is 6.92 Å². The van der Waals surface area contributed by atoms with Crippen LogP contribution in [0, 0.1) is 0 Å². The van der Waals surface area contributed by atoms with E-state index in [9.17, 15) is 5.11 Å². The quantitative estimate of drug-likeness (QED) is 0.591. The molecule has 0 amide bonds. The predicted octanol–water partition coefficient (Wildman–Crippen LogP) is -1.06. The standard InChI is InChI=1S/C9H21N3O/c1-8(13)6-12-4-3-11(2)7-9(12)5-10/h8-9,13H,3-7,10H2,1-2H3. The molecule has 1 aliphatic heterocycles. The Labute approximate surface area is 80.3 Å². The summed E-state index contributed by atoms with van der Waals surface area (Å²) in [5.41, 5.74) is 5.68. The second-order valence-electron chi connectivity index (χ2n) is 4.00. The summed E-state index contributed by atoms with van der Waals surface area (Å²) in [6.45, 7) is 6.36. The summed E-state index contributed by atoms with van der Waals surface area (Å²) < 4.78 is 0. The van der Waals surface area contributed by atoms with E-state index < -0.39 is 0 Å². The number of nitrogens with two attached hydrogens (primary N) is 1. The number of likely N-dealkylation sites (N-methyl/N-ethyl adjacent to an activating group) is 1. The molecule has 1 rings (SSSR count). The van der Waals surface area contributed by atoms with E-state index >= 15 is 0 Å². The van der Waals surface area contributed by atoms with Crippen molar-refractivity contribution < 1.29 is 5.11 Å².